The molecule has 0 amide bonds. The molecule has 1 aromatic carbocycles. The Morgan fingerprint density at radius 2 is 2.10 bits per heavy atom. The van der Waals surface area contributed by atoms with Crippen LogP contribution in [0.5, 0.6) is 11.6 Å². The summed E-state index contributed by atoms with van der Waals surface area (Å²) in [5.41, 5.74) is 2.25. The van der Waals surface area contributed by atoms with Crippen LogP contribution in [0.2, 0.25) is 0 Å². The summed E-state index contributed by atoms with van der Waals surface area (Å²) in [5.74, 6) is -0.114. The molecule has 0 fully saturated rings. The van der Waals surface area contributed by atoms with E-state index in [0.29, 0.717) is 23.7 Å². The van der Waals surface area contributed by atoms with Crippen LogP contribution in [0.1, 0.15) is 5.56 Å². The maximum absolute atomic E-state index is 13.3. The largest absolute Gasteiger partial charge is 0.508 e. The third kappa shape index (κ3) is 3.53. The van der Waals surface area contributed by atoms with Gasteiger partial charge >= 0.3 is 0 Å². The van der Waals surface area contributed by atoms with Crippen LogP contribution < -0.4 is 15.0 Å². The predicted octanol–water partition coefficient (Wildman–Crippen LogP) is 2.61. The Balaban J connectivity index is 2.26. The minimum atomic E-state index is -0.474. The number of aromatic hydroxyl groups is 1. The quantitative estimate of drug-likeness (QED) is 0.887. The molecule has 0 aliphatic carbocycles. The first-order chi connectivity index (χ1) is 10.0. The van der Waals surface area contributed by atoms with Gasteiger partial charge in [-0.1, -0.05) is 0 Å². The Kier molecular flexibility index (Phi) is 4.47. The summed E-state index contributed by atoms with van der Waals surface area (Å²) in [7, 11) is 5.36. The zero-order valence-electron chi connectivity index (χ0n) is 12.2. The Morgan fingerprint density at radius 3 is 2.71 bits per heavy atom. The van der Waals surface area contributed by atoms with E-state index in [-0.39, 0.29) is 5.75 Å². The van der Waals surface area contributed by atoms with Gasteiger partial charge in [-0.3, -0.25) is 0 Å². The number of ether oxygens (including phenoxy) is 1. The smallest absolute Gasteiger partial charge is 0.239 e. The standard InChI is InChI=1S/C15H18FN3O2/c1-19(2)13-4-5-17-15(21-3)14(13)18-9-10-6-11(16)8-12(20)7-10/h4-8,18,20H,9H2,1-3H3. The summed E-state index contributed by atoms with van der Waals surface area (Å²) in [4.78, 5) is 6.08. The van der Waals surface area contributed by atoms with Crippen LogP contribution in [-0.4, -0.2) is 31.3 Å². The average molecular weight is 291 g/mol. The number of methoxy groups -OCH3 is 1. The van der Waals surface area contributed by atoms with Gasteiger partial charge in [0.1, 0.15) is 17.3 Å². The van der Waals surface area contributed by atoms with Gasteiger partial charge in [0.05, 0.1) is 12.8 Å². The zero-order chi connectivity index (χ0) is 15.4. The monoisotopic (exact) mass is 291 g/mol. The van der Waals surface area contributed by atoms with Gasteiger partial charge in [-0.15, -0.1) is 0 Å². The van der Waals surface area contributed by atoms with Crippen molar-refractivity contribution in [2.45, 2.75) is 6.54 Å². The summed E-state index contributed by atoms with van der Waals surface area (Å²) in [5, 5.41) is 12.6. The number of hydrogen-bond acceptors (Lipinski definition) is 5. The van der Waals surface area contributed by atoms with Crippen molar-refractivity contribution in [3.8, 4) is 11.6 Å². The molecule has 112 valence electrons. The van der Waals surface area contributed by atoms with Crippen molar-refractivity contribution in [3.05, 3.63) is 41.8 Å². The number of nitrogens with zero attached hydrogens (tertiary/aromatic N) is 2. The molecular formula is C15H18FN3O2. The zero-order valence-corrected chi connectivity index (χ0v) is 12.2. The first-order valence-corrected chi connectivity index (χ1v) is 6.44. The fourth-order valence-electron chi connectivity index (χ4n) is 2.05. The van der Waals surface area contributed by atoms with E-state index in [1.165, 1.54) is 12.1 Å². The number of phenolic OH excluding ortho intramolecular Hbond substituents is 1. The minimum absolute atomic E-state index is 0.0993. The normalized spacial score (nSPS) is 10.3. The number of rotatable bonds is 5. The highest BCUT2D eigenvalue weighted by Crippen LogP contribution is 2.32. The van der Waals surface area contributed by atoms with Gasteiger partial charge in [-0.2, -0.15) is 0 Å². The highest BCUT2D eigenvalue weighted by atomic mass is 19.1. The highest BCUT2D eigenvalue weighted by Gasteiger charge is 2.12. The molecule has 0 unspecified atom stereocenters. The summed E-state index contributed by atoms with van der Waals surface area (Å²) in [6.07, 6.45) is 1.66. The topological polar surface area (TPSA) is 57.6 Å². The fourth-order valence-corrected chi connectivity index (χ4v) is 2.05. The molecule has 0 aliphatic heterocycles. The SMILES string of the molecule is COc1nccc(N(C)C)c1NCc1cc(O)cc(F)c1. The van der Waals surface area contributed by atoms with Gasteiger partial charge in [0.15, 0.2) is 0 Å². The van der Waals surface area contributed by atoms with Crippen LogP contribution in [0.15, 0.2) is 30.5 Å². The Bertz CT molecular complexity index is 612. The van der Waals surface area contributed by atoms with E-state index >= 15 is 0 Å². The molecule has 5 nitrogen and oxygen atoms in total. The van der Waals surface area contributed by atoms with Crippen molar-refractivity contribution in [3.63, 3.8) is 0 Å². The molecule has 0 spiro atoms. The summed E-state index contributed by atoms with van der Waals surface area (Å²) >= 11 is 0. The lowest BCUT2D eigenvalue weighted by atomic mass is 10.2. The molecule has 0 saturated carbocycles. The van der Waals surface area contributed by atoms with Crippen molar-refractivity contribution < 1.29 is 14.2 Å². The van der Waals surface area contributed by atoms with E-state index in [1.54, 1.807) is 13.3 Å². The third-order valence-corrected chi connectivity index (χ3v) is 2.98. The van der Waals surface area contributed by atoms with Crippen LogP contribution in [0.25, 0.3) is 0 Å². The summed E-state index contributed by atoms with van der Waals surface area (Å²) < 4.78 is 18.5. The molecule has 21 heavy (non-hydrogen) atoms. The number of phenols is 1. The fraction of sp³-hybridized carbons (Fsp3) is 0.267. The second-order valence-corrected chi connectivity index (χ2v) is 4.78. The third-order valence-electron chi connectivity index (χ3n) is 2.98. The second-order valence-electron chi connectivity index (χ2n) is 4.78. The molecule has 1 heterocycles. The van der Waals surface area contributed by atoms with E-state index in [1.807, 2.05) is 25.1 Å². The average Bonchev–Trinajstić information content (AvgIpc) is 2.43. The summed E-state index contributed by atoms with van der Waals surface area (Å²) in [6, 6.07) is 5.80. The van der Waals surface area contributed by atoms with E-state index in [0.717, 1.165) is 11.8 Å². The molecule has 0 radical (unpaired) electrons. The predicted molar refractivity (Wildman–Crippen MR) is 80.5 cm³/mol. The van der Waals surface area contributed by atoms with Crippen molar-refractivity contribution in [2.24, 2.45) is 0 Å². The number of aromatic nitrogens is 1. The number of nitrogens with one attached hydrogen (secondary N) is 1. The highest BCUT2D eigenvalue weighted by molar-refractivity contribution is 5.74. The molecule has 2 N–H and O–H groups in total. The first kappa shape index (κ1) is 14.9. The van der Waals surface area contributed by atoms with Crippen molar-refractivity contribution >= 4 is 11.4 Å². The summed E-state index contributed by atoms with van der Waals surface area (Å²) in [6.45, 7) is 0.341. The minimum Gasteiger partial charge on any atom is -0.508 e. The molecule has 1 aromatic heterocycles. The van der Waals surface area contributed by atoms with Gasteiger partial charge in [-0.25, -0.2) is 9.37 Å². The number of pyridine rings is 1. The molecule has 2 rings (SSSR count). The van der Waals surface area contributed by atoms with Crippen molar-refractivity contribution in [1.82, 2.24) is 4.98 Å². The molecule has 0 aliphatic rings. The Labute approximate surface area is 123 Å². The van der Waals surface area contributed by atoms with Gasteiger partial charge in [0.25, 0.3) is 0 Å². The molecule has 6 heteroatoms. The second kappa shape index (κ2) is 6.30. The van der Waals surface area contributed by atoms with E-state index < -0.39 is 5.82 Å². The molecule has 0 bridgehead atoms. The number of hydrogen-bond donors (Lipinski definition) is 2. The van der Waals surface area contributed by atoms with Crippen LogP contribution >= 0.6 is 0 Å². The molecule has 0 saturated heterocycles. The van der Waals surface area contributed by atoms with Crippen molar-refractivity contribution in [1.29, 1.82) is 0 Å². The molecule has 0 atom stereocenters. The number of benzene rings is 1. The lowest BCUT2D eigenvalue weighted by Crippen LogP contribution is -2.13. The van der Waals surface area contributed by atoms with Gasteiger partial charge < -0.3 is 20.1 Å². The van der Waals surface area contributed by atoms with E-state index in [2.05, 4.69) is 10.3 Å². The first-order valence-electron chi connectivity index (χ1n) is 6.44. The number of halogens is 1. The lowest BCUT2D eigenvalue weighted by molar-refractivity contribution is 0.400. The van der Waals surface area contributed by atoms with Gasteiger partial charge in [-0.05, 0) is 23.8 Å². The van der Waals surface area contributed by atoms with Gasteiger partial charge in [0.2, 0.25) is 5.88 Å². The maximum Gasteiger partial charge on any atom is 0.239 e. The molecular weight excluding hydrogens is 273 g/mol. The Hall–Kier alpha value is -2.50. The maximum atomic E-state index is 13.3. The van der Waals surface area contributed by atoms with E-state index in [4.69, 9.17) is 4.74 Å². The van der Waals surface area contributed by atoms with Gasteiger partial charge in [0, 0.05) is 32.9 Å². The van der Waals surface area contributed by atoms with Crippen LogP contribution in [-0.2, 0) is 6.54 Å². The lowest BCUT2D eigenvalue weighted by Gasteiger charge is -2.20. The molecule has 2 aromatic rings. The van der Waals surface area contributed by atoms with Crippen molar-refractivity contribution in [2.75, 3.05) is 31.4 Å². The van der Waals surface area contributed by atoms with Crippen LogP contribution in [0.4, 0.5) is 15.8 Å². The van der Waals surface area contributed by atoms with Crippen LogP contribution in [0.3, 0.4) is 0 Å². The number of anilines is 2. The van der Waals surface area contributed by atoms with Crippen LogP contribution in [0, 0.1) is 5.82 Å². The Morgan fingerprint density at radius 1 is 1.33 bits per heavy atom. The van der Waals surface area contributed by atoms with E-state index in [9.17, 15) is 9.50 Å².